The molecule has 2 aromatic rings. The highest BCUT2D eigenvalue weighted by Gasteiger charge is 2.34. The zero-order chi connectivity index (χ0) is 24.8. The van der Waals surface area contributed by atoms with E-state index in [1.54, 1.807) is 36.4 Å². The van der Waals surface area contributed by atoms with E-state index in [-0.39, 0.29) is 17.9 Å². The van der Waals surface area contributed by atoms with Gasteiger partial charge in [-0.25, -0.2) is 9.59 Å². The average molecular weight is 501 g/mol. The van der Waals surface area contributed by atoms with Gasteiger partial charge in [-0.1, -0.05) is 37.6 Å². The van der Waals surface area contributed by atoms with Crippen LogP contribution in [0.2, 0.25) is 5.02 Å². The lowest BCUT2D eigenvalue weighted by molar-refractivity contribution is -0.140. The Balaban J connectivity index is 1.78. The van der Waals surface area contributed by atoms with Crippen LogP contribution in [0, 0.1) is 5.92 Å². The van der Waals surface area contributed by atoms with E-state index >= 15 is 0 Å². The minimum atomic E-state index is -0.452. The van der Waals surface area contributed by atoms with Crippen molar-refractivity contribution in [3.05, 3.63) is 70.4 Å². The lowest BCUT2D eigenvalue weighted by Gasteiger charge is -2.37. The van der Waals surface area contributed by atoms with Crippen molar-refractivity contribution >= 4 is 52.3 Å². The number of halogens is 1. The van der Waals surface area contributed by atoms with Crippen LogP contribution in [0.15, 0.2) is 59.8 Å². The van der Waals surface area contributed by atoms with E-state index in [9.17, 15) is 9.59 Å². The molecule has 0 saturated carbocycles. The Kier molecular flexibility index (Phi) is 8.52. The van der Waals surface area contributed by atoms with Gasteiger partial charge in [0, 0.05) is 28.6 Å². The summed E-state index contributed by atoms with van der Waals surface area (Å²) in [6.45, 7) is 8.82. The molecule has 1 aliphatic rings. The van der Waals surface area contributed by atoms with Crippen LogP contribution in [0.3, 0.4) is 0 Å². The van der Waals surface area contributed by atoms with Gasteiger partial charge < -0.3 is 25.6 Å². The SMILES string of the molecule is CCN1C(=S)NC(c2ccc(NC(=O)Nc3ccc(Cl)cc3)cc2)C(C(=O)OCC(C)C)=C1C. The molecule has 0 radical (unpaired) electrons. The number of allylic oxidation sites excluding steroid dienone is 1. The van der Waals surface area contributed by atoms with E-state index in [1.807, 2.05) is 44.7 Å². The molecule has 1 aliphatic heterocycles. The molecule has 34 heavy (non-hydrogen) atoms. The molecular weight excluding hydrogens is 472 g/mol. The third-order valence-corrected chi connectivity index (χ3v) is 5.87. The van der Waals surface area contributed by atoms with Gasteiger partial charge in [0.2, 0.25) is 0 Å². The van der Waals surface area contributed by atoms with E-state index in [4.69, 9.17) is 28.6 Å². The number of nitrogens with zero attached hydrogens (tertiary/aromatic N) is 1. The van der Waals surface area contributed by atoms with Gasteiger partial charge in [0.15, 0.2) is 5.11 Å². The number of thiocarbonyl (C=S) groups is 1. The van der Waals surface area contributed by atoms with E-state index < -0.39 is 6.04 Å². The topological polar surface area (TPSA) is 82.7 Å². The van der Waals surface area contributed by atoms with Crippen molar-refractivity contribution in [2.45, 2.75) is 33.7 Å². The molecule has 0 aromatic heterocycles. The number of urea groups is 1. The normalized spacial score (nSPS) is 15.8. The Morgan fingerprint density at radius 2 is 1.65 bits per heavy atom. The molecule has 0 aliphatic carbocycles. The monoisotopic (exact) mass is 500 g/mol. The number of amides is 2. The van der Waals surface area contributed by atoms with Gasteiger partial charge in [-0.15, -0.1) is 0 Å². The minimum Gasteiger partial charge on any atom is -0.462 e. The molecule has 3 rings (SSSR count). The van der Waals surface area contributed by atoms with Gasteiger partial charge in [0.1, 0.15) is 0 Å². The minimum absolute atomic E-state index is 0.229. The Bertz CT molecular complexity index is 1080. The molecule has 180 valence electrons. The van der Waals surface area contributed by atoms with Crippen molar-refractivity contribution in [1.29, 1.82) is 0 Å². The highest BCUT2D eigenvalue weighted by Crippen LogP contribution is 2.32. The number of rotatable bonds is 7. The van der Waals surface area contributed by atoms with Crippen LogP contribution in [-0.4, -0.2) is 35.2 Å². The van der Waals surface area contributed by atoms with Gasteiger partial charge in [-0.2, -0.15) is 0 Å². The summed E-state index contributed by atoms with van der Waals surface area (Å²) in [6.07, 6.45) is 0. The summed E-state index contributed by atoms with van der Waals surface area (Å²) in [6, 6.07) is 13.3. The summed E-state index contributed by atoms with van der Waals surface area (Å²) >= 11 is 11.4. The number of nitrogens with one attached hydrogen (secondary N) is 3. The summed E-state index contributed by atoms with van der Waals surface area (Å²) in [5.74, 6) is -0.137. The fourth-order valence-corrected chi connectivity index (χ4v) is 4.09. The molecule has 2 aromatic carbocycles. The summed E-state index contributed by atoms with van der Waals surface area (Å²) < 4.78 is 5.55. The zero-order valence-electron chi connectivity index (χ0n) is 19.6. The number of anilines is 2. The first-order valence-electron chi connectivity index (χ1n) is 11.1. The van der Waals surface area contributed by atoms with Crippen LogP contribution in [0.1, 0.15) is 39.3 Å². The van der Waals surface area contributed by atoms with Gasteiger partial charge in [0.25, 0.3) is 0 Å². The quantitative estimate of drug-likeness (QED) is 0.334. The molecule has 0 fully saturated rings. The standard InChI is InChI=1S/C25H29ClN4O3S/c1-5-30-16(4)21(23(31)33-14-15(2)3)22(29-25(30)34)17-6-10-19(11-7-17)27-24(32)28-20-12-8-18(26)9-13-20/h6-13,15,22H,5,14H2,1-4H3,(H,29,34)(H2,27,28,32). The molecule has 9 heteroatoms. The second-order valence-corrected chi connectivity index (χ2v) is 9.15. The Labute approximate surface area is 210 Å². The second-order valence-electron chi connectivity index (χ2n) is 8.33. The Morgan fingerprint density at radius 1 is 1.09 bits per heavy atom. The van der Waals surface area contributed by atoms with Crippen LogP contribution in [0.5, 0.6) is 0 Å². The number of carbonyl (C=O) groups is 2. The lowest BCUT2D eigenvalue weighted by atomic mass is 9.95. The van der Waals surface area contributed by atoms with E-state index in [0.717, 1.165) is 11.3 Å². The second kappa shape index (κ2) is 11.4. The first-order valence-corrected chi connectivity index (χ1v) is 11.9. The number of hydrogen-bond acceptors (Lipinski definition) is 4. The molecule has 0 spiro atoms. The molecule has 3 N–H and O–H groups in total. The van der Waals surface area contributed by atoms with Gasteiger partial charge in [-0.3, -0.25) is 0 Å². The van der Waals surface area contributed by atoms with Crippen molar-refractivity contribution in [2.75, 3.05) is 23.8 Å². The fourth-order valence-electron chi connectivity index (χ4n) is 3.58. The van der Waals surface area contributed by atoms with Crippen molar-refractivity contribution in [3.63, 3.8) is 0 Å². The zero-order valence-corrected chi connectivity index (χ0v) is 21.2. The molecule has 7 nitrogen and oxygen atoms in total. The number of esters is 1. The average Bonchev–Trinajstić information content (AvgIpc) is 2.79. The molecule has 1 heterocycles. The molecule has 0 bridgehead atoms. The molecular formula is C25H29ClN4O3S. The Hall–Kier alpha value is -3.10. The molecule has 2 amide bonds. The van der Waals surface area contributed by atoms with Gasteiger partial charge >= 0.3 is 12.0 Å². The maximum atomic E-state index is 13.0. The highest BCUT2D eigenvalue weighted by molar-refractivity contribution is 7.80. The van der Waals surface area contributed by atoms with Crippen LogP contribution >= 0.6 is 23.8 Å². The maximum absolute atomic E-state index is 13.0. The summed E-state index contributed by atoms with van der Waals surface area (Å²) in [5.41, 5.74) is 3.36. The first kappa shape index (κ1) is 25.5. The first-order chi connectivity index (χ1) is 16.2. The van der Waals surface area contributed by atoms with Gasteiger partial charge in [-0.05, 0) is 73.9 Å². The van der Waals surface area contributed by atoms with Crippen LogP contribution < -0.4 is 16.0 Å². The van der Waals surface area contributed by atoms with Crippen molar-refractivity contribution in [1.82, 2.24) is 10.2 Å². The number of benzene rings is 2. The largest absolute Gasteiger partial charge is 0.462 e. The number of carbonyl (C=O) groups excluding carboxylic acids is 2. The van der Waals surface area contributed by atoms with Crippen LogP contribution in [0.4, 0.5) is 16.2 Å². The Morgan fingerprint density at radius 3 is 2.18 bits per heavy atom. The third kappa shape index (κ3) is 6.27. The molecule has 1 atom stereocenters. The number of ether oxygens (including phenoxy) is 1. The van der Waals surface area contributed by atoms with E-state index in [1.165, 1.54) is 0 Å². The lowest BCUT2D eigenvalue weighted by Crippen LogP contribution is -2.47. The van der Waals surface area contributed by atoms with Gasteiger partial charge in [0.05, 0.1) is 18.2 Å². The van der Waals surface area contributed by atoms with Crippen molar-refractivity contribution < 1.29 is 14.3 Å². The highest BCUT2D eigenvalue weighted by atomic mass is 35.5. The maximum Gasteiger partial charge on any atom is 0.338 e. The van der Waals surface area contributed by atoms with Crippen LogP contribution in [-0.2, 0) is 9.53 Å². The smallest absolute Gasteiger partial charge is 0.338 e. The summed E-state index contributed by atoms with van der Waals surface area (Å²) in [4.78, 5) is 27.2. The van der Waals surface area contributed by atoms with E-state index in [0.29, 0.717) is 40.2 Å². The molecule has 1 unspecified atom stereocenters. The molecule has 0 saturated heterocycles. The number of hydrogen-bond donors (Lipinski definition) is 3. The van der Waals surface area contributed by atoms with Crippen molar-refractivity contribution in [2.24, 2.45) is 5.92 Å². The third-order valence-electron chi connectivity index (χ3n) is 5.28. The predicted molar refractivity (Wildman–Crippen MR) is 140 cm³/mol. The predicted octanol–water partition coefficient (Wildman–Crippen LogP) is 5.71. The van der Waals surface area contributed by atoms with Crippen LogP contribution in [0.25, 0.3) is 0 Å². The fraction of sp³-hybridized carbons (Fsp3) is 0.320. The summed E-state index contributed by atoms with van der Waals surface area (Å²) in [7, 11) is 0. The van der Waals surface area contributed by atoms with Crippen molar-refractivity contribution in [3.8, 4) is 0 Å². The summed E-state index contributed by atoms with van der Waals surface area (Å²) in [5, 5.41) is 9.96. The van der Waals surface area contributed by atoms with E-state index in [2.05, 4.69) is 16.0 Å².